The second-order valence-corrected chi connectivity index (χ2v) is 7.18. The van der Waals surface area contributed by atoms with Gasteiger partial charge in [0.2, 0.25) is 0 Å². The van der Waals surface area contributed by atoms with Gasteiger partial charge in [0.15, 0.2) is 0 Å². The van der Waals surface area contributed by atoms with Crippen molar-refractivity contribution in [2.45, 2.75) is 64.1 Å². The molecule has 0 bridgehead atoms. The molecule has 2 amide bonds. The molecule has 1 aromatic rings. The smallest absolute Gasteiger partial charge is 0.408 e. The van der Waals surface area contributed by atoms with E-state index in [4.69, 9.17) is 4.74 Å². The molecule has 3 aliphatic heterocycles. The summed E-state index contributed by atoms with van der Waals surface area (Å²) in [5.41, 5.74) is 1.25. The first-order chi connectivity index (χ1) is 11.5. The Balaban J connectivity index is 1.50. The van der Waals surface area contributed by atoms with Crippen molar-refractivity contribution >= 4 is 12.0 Å². The Morgan fingerprint density at radius 2 is 2.04 bits per heavy atom. The standard InChI is InChI=1S/C17H24N4O3/c1-11-17(24-16(23)18-11)6-9-20(10-7-17)15(22)14-13-5-3-4-8-21(13)12(2)19-14/h11H,3-10H2,1-2H3,(H,18,23). The lowest BCUT2D eigenvalue weighted by Crippen LogP contribution is -2.52. The molecule has 2 fully saturated rings. The molecule has 1 spiro atoms. The number of carbonyl (C=O) groups excluding carboxylic acids is 2. The number of hydrogen-bond donors (Lipinski definition) is 1. The number of alkyl carbamates (subject to hydrolysis) is 1. The summed E-state index contributed by atoms with van der Waals surface area (Å²) in [5, 5.41) is 2.82. The van der Waals surface area contributed by atoms with Gasteiger partial charge in [0.25, 0.3) is 5.91 Å². The molecular formula is C17H24N4O3. The van der Waals surface area contributed by atoms with Gasteiger partial charge in [-0.2, -0.15) is 0 Å². The minimum Gasteiger partial charge on any atom is -0.441 e. The topological polar surface area (TPSA) is 76.5 Å². The number of nitrogens with one attached hydrogen (secondary N) is 1. The Bertz CT molecular complexity index is 688. The molecule has 24 heavy (non-hydrogen) atoms. The minimum atomic E-state index is -0.461. The highest BCUT2D eigenvalue weighted by atomic mass is 16.6. The third kappa shape index (κ3) is 2.29. The monoisotopic (exact) mass is 332 g/mol. The molecule has 1 atom stereocenters. The van der Waals surface area contributed by atoms with Crippen molar-refractivity contribution in [2.75, 3.05) is 13.1 Å². The van der Waals surface area contributed by atoms with E-state index in [0.717, 1.165) is 37.3 Å². The van der Waals surface area contributed by atoms with Crippen LogP contribution in [0, 0.1) is 6.92 Å². The number of amides is 2. The van der Waals surface area contributed by atoms with E-state index in [0.29, 0.717) is 31.6 Å². The second-order valence-electron chi connectivity index (χ2n) is 7.18. The van der Waals surface area contributed by atoms with E-state index in [2.05, 4.69) is 14.9 Å². The first-order valence-corrected chi connectivity index (χ1v) is 8.85. The molecule has 0 aliphatic carbocycles. The number of carbonyl (C=O) groups is 2. The quantitative estimate of drug-likeness (QED) is 0.848. The molecule has 0 saturated carbocycles. The molecule has 1 aromatic heterocycles. The number of aryl methyl sites for hydroxylation is 1. The van der Waals surface area contributed by atoms with Gasteiger partial charge >= 0.3 is 6.09 Å². The Hall–Kier alpha value is -2.05. The van der Waals surface area contributed by atoms with Crippen LogP contribution in [0.1, 0.15) is 54.6 Å². The van der Waals surface area contributed by atoms with Gasteiger partial charge in [-0.05, 0) is 33.1 Å². The predicted molar refractivity (Wildman–Crippen MR) is 86.8 cm³/mol. The van der Waals surface area contributed by atoms with Crippen LogP contribution in [-0.2, 0) is 17.7 Å². The molecular weight excluding hydrogens is 308 g/mol. The summed E-state index contributed by atoms with van der Waals surface area (Å²) in [6.07, 6.45) is 4.20. The van der Waals surface area contributed by atoms with Gasteiger partial charge in [-0.15, -0.1) is 0 Å². The van der Waals surface area contributed by atoms with Crippen molar-refractivity contribution in [2.24, 2.45) is 0 Å². The molecule has 130 valence electrons. The van der Waals surface area contributed by atoms with Crippen LogP contribution in [0.5, 0.6) is 0 Å². The molecule has 7 nitrogen and oxygen atoms in total. The van der Waals surface area contributed by atoms with Crippen molar-refractivity contribution in [3.63, 3.8) is 0 Å². The lowest BCUT2D eigenvalue weighted by atomic mass is 9.85. The number of aromatic nitrogens is 2. The van der Waals surface area contributed by atoms with Gasteiger partial charge < -0.3 is 19.5 Å². The normalized spacial score (nSPS) is 25.3. The van der Waals surface area contributed by atoms with Crippen molar-refractivity contribution in [3.8, 4) is 0 Å². The molecule has 0 radical (unpaired) electrons. The van der Waals surface area contributed by atoms with E-state index in [1.54, 1.807) is 0 Å². The van der Waals surface area contributed by atoms with Gasteiger partial charge in [0, 0.05) is 32.5 Å². The van der Waals surface area contributed by atoms with Gasteiger partial charge in [0.1, 0.15) is 17.1 Å². The van der Waals surface area contributed by atoms with E-state index >= 15 is 0 Å². The molecule has 1 N–H and O–H groups in total. The van der Waals surface area contributed by atoms with Crippen molar-refractivity contribution < 1.29 is 14.3 Å². The molecule has 1 unspecified atom stereocenters. The fourth-order valence-corrected chi connectivity index (χ4v) is 4.28. The summed E-state index contributed by atoms with van der Waals surface area (Å²) in [6.45, 7) is 6.11. The molecule has 2 saturated heterocycles. The Morgan fingerprint density at radius 3 is 2.71 bits per heavy atom. The number of nitrogens with zero attached hydrogens (tertiary/aromatic N) is 3. The third-order valence-corrected chi connectivity index (χ3v) is 5.83. The molecule has 0 aromatic carbocycles. The summed E-state index contributed by atoms with van der Waals surface area (Å²) in [5.74, 6) is 0.956. The first kappa shape index (κ1) is 15.5. The molecule has 4 rings (SSSR count). The maximum Gasteiger partial charge on any atom is 0.408 e. The summed E-state index contributed by atoms with van der Waals surface area (Å²) >= 11 is 0. The number of hydrogen-bond acceptors (Lipinski definition) is 4. The highest BCUT2D eigenvalue weighted by molar-refractivity contribution is 5.93. The van der Waals surface area contributed by atoms with Crippen LogP contribution in [0.2, 0.25) is 0 Å². The van der Waals surface area contributed by atoms with Crippen LogP contribution in [0.25, 0.3) is 0 Å². The predicted octanol–water partition coefficient (Wildman–Crippen LogP) is 1.63. The average molecular weight is 332 g/mol. The van der Waals surface area contributed by atoms with Crippen LogP contribution >= 0.6 is 0 Å². The maximum atomic E-state index is 13.0. The largest absolute Gasteiger partial charge is 0.441 e. The third-order valence-electron chi connectivity index (χ3n) is 5.83. The van der Waals surface area contributed by atoms with Gasteiger partial charge in [-0.25, -0.2) is 9.78 Å². The number of likely N-dealkylation sites (tertiary alicyclic amines) is 1. The second kappa shape index (κ2) is 5.50. The van der Waals surface area contributed by atoms with E-state index in [1.165, 1.54) is 0 Å². The van der Waals surface area contributed by atoms with Crippen LogP contribution in [0.15, 0.2) is 0 Å². The minimum absolute atomic E-state index is 0.00939. The van der Waals surface area contributed by atoms with E-state index in [9.17, 15) is 9.59 Å². The summed E-state index contributed by atoms with van der Waals surface area (Å²) < 4.78 is 7.71. The fraction of sp³-hybridized carbons (Fsp3) is 0.706. The lowest BCUT2D eigenvalue weighted by molar-refractivity contribution is -0.0117. The average Bonchev–Trinajstić information content (AvgIpc) is 3.05. The molecule has 7 heteroatoms. The van der Waals surface area contributed by atoms with E-state index in [-0.39, 0.29) is 18.0 Å². The lowest BCUT2D eigenvalue weighted by Gasteiger charge is -2.39. The van der Waals surface area contributed by atoms with Crippen molar-refractivity contribution in [1.29, 1.82) is 0 Å². The van der Waals surface area contributed by atoms with Gasteiger partial charge in [0.05, 0.1) is 11.7 Å². The SMILES string of the molecule is Cc1nc(C(=O)N2CCC3(CC2)OC(=O)NC3C)c2n1CCCC2. The van der Waals surface area contributed by atoms with Crippen LogP contribution in [0.3, 0.4) is 0 Å². The zero-order chi connectivity index (χ0) is 16.9. The fourth-order valence-electron chi connectivity index (χ4n) is 4.28. The van der Waals surface area contributed by atoms with E-state index < -0.39 is 5.60 Å². The number of fused-ring (bicyclic) bond motifs is 1. The van der Waals surface area contributed by atoms with Gasteiger partial charge in [-0.3, -0.25) is 4.79 Å². The molecule has 3 aliphatic rings. The Kier molecular flexibility index (Phi) is 3.54. The summed E-state index contributed by atoms with van der Waals surface area (Å²) in [4.78, 5) is 30.9. The summed E-state index contributed by atoms with van der Waals surface area (Å²) in [6, 6.07) is -0.00939. The first-order valence-electron chi connectivity index (χ1n) is 8.85. The van der Waals surface area contributed by atoms with Crippen LogP contribution in [-0.4, -0.2) is 51.2 Å². The zero-order valence-corrected chi connectivity index (χ0v) is 14.3. The highest BCUT2D eigenvalue weighted by Gasteiger charge is 2.49. The van der Waals surface area contributed by atoms with Gasteiger partial charge in [-0.1, -0.05) is 0 Å². The van der Waals surface area contributed by atoms with Crippen LogP contribution < -0.4 is 5.32 Å². The highest BCUT2D eigenvalue weighted by Crippen LogP contribution is 2.34. The van der Waals surface area contributed by atoms with Crippen LogP contribution in [0.4, 0.5) is 4.79 Å². The Labute approximate surface area is 141 Å². The number of ether oxygens (including phenoxy) is 1. The number of imidazole rings is 1. The zero-order valence-electron chi connectivity index (χ0n) is 14.3. The number of rotatable bonds is 1. The van der Waals surface area contributed by atoms with E-state index in [1.807, 2.05) is 18.7 Å². The van der Waals surface area contributed by atoms with Crippen molar-refractivity contribution in [1.82, 2.24) is 19.8 Å². The number of piperidine rings is 1. The maximum absolute atomic E-state index is 13.0. The summed E-state index contributed by atoms with van der Waals surface area (Å²) in [7, 11) is 0. The van der Waals surface area contributed by atoms with Crippen molar-refractivity contribution in [3.05, 3.63) is 17.2 Å². The molecule has 4 heterocycles. The Morgan fingerprint density at radius 1 is 1.29 bits per heavy atom.